The van der Waals surface area contributed by atoms with Gasteiger partial charge in [-0.3, -0.25) is 9.80 Å². The highest BCUT2D eigenvalue weighted by molar-refractivity contribution is 6.06. The number of benzene rings is 2. The van der Waals surface area contributed by atoms with Crippen molar-refractivity contribution in [1.82, 2.24) is 9.97 Å². The highest BCUT2D eigenvalue weighted by Crippen LogP contribution is 2.35. The first-order valence-electron chi connectivity index (χ1n) is 9.97. The van der Waals surface area contributed by atoms with Crippen LogP contribution in [0.25, 0.3) is 11.0 Å². The number of amides is 2. The van der Waals surface area contributed by atoms with Gasteiger partial charge in [0, 0.05) is 23.8 Å². The number of nitrogens with zero attached hydrogens (tertiary/aromatic N) is 3. The van der Waals surface area contributed by atoms with Gasteiger partial charge in [0.25, 0.3) is 0 Å². The standard InChI is InChI=1S/C23H17F3N4O3/c24-23(25,26)14-2-1-3-16(12-14)29-13-20(31)30(22(29)32)15-4-6-17(7-5-15)33-19-9-11-28-21-18(19)8-10-27-21/h1-12,20,31H,13H2,(H,27,28). The number of ether oxygens (including phenoxy) is 1. The summed E-state index contributed by atoms with van der Waals surface area (Å²) in [5, 5.41) is 11.3. The van der Waals surface area contributed by atoms with Crippen molar-refractivity contribution in [3.8, 4) is 11.5 Å². The molecule has 1 saturated heterocycles. The average molecular weight is 454 g/mol. The summed E-state index contributed by atoms with van der Waals surface area (Å²) in [6, 6.07) is 13.9. The van der Waals surface area contributed by atoms with Crippen LogP contribution in [0.15, 0.2) is 73.1 Å². The summed E-state index contributed by atoms with van der Waals surface area (Å²) in [7, 11) is 0. The molecule has 1 fully saturated rings. The van der Waals surface area contributed by atoms with E-state index in [4.69, 9.17) is 4.74 Å². The van der Waals surface area contributed by atoms with E-state index in [0.29, 0.717) is 22.8 Å². The van der Waals surface area contributed by atoms with Crippen LogP contribution in [0.5, 0.6) is 11.5 Å². The van der Waals surface area contributed by atoms with Crippen molar-refractivity contribution < 1.29 is 27.8 Å². The molecule has 5 rings (SSSR count). The minimum Gasteiger partial charge on any atom is -0.457 e. The number of carbonyl (C=O) groups is 1. The monoisotopic (exact) mass is 454 g/mol. The SMILES string of the molecule is O=C1N(c2cccc(C(F)(F)F)c2)CC(O)N1c1ccc(Oc2ccnc3[nH]ccc23)cc1. The van der Waals surface area contributed by atoms with Crippen molar-refractivity contribution in [3.63, 3.8) is 0 Å². The molecule has 0 saturated carbocycles. The number of urea groups is 1. The number of hydrogen-bond acceptors (Lipinski definition) is 4. The van der Waals surface area contributed by atoms with E-state index in [0.717, 1.165) is 27.3 Å². The molecule has 168 valence electrons. The fraction of sp³-hybridized carbons (Fsp3) is 0.130. The van der Waals surface area contributed by atoms with Gasteiger partial charge in [-0.2, -0.15) is 13.2 Å². The van der Waals surface area contributed by atoms with Gasteiger partial charge < -0.3 is 14.8 Å². The van der Waals surface area contributed by atoms with Gasteiger partial charge in [-0.05, 0) is 54.6 Å². The van der Waals surface area contributed by atoms with Gasteiger partial charge >= 0.3 is 12.2 Å². The first-order chi connectivity index (χ1) is 15.8. The van der Waals surface area contributed by atoms with Crippen molar-refractivity contribution in [2.24, 2.45) is 0 Å². The summed E-state index contributed by atoms with van der Waals surface area (Å²) >= 11 is 0. The molecule has 2 aromatic heterocycles. The topological polar surface area (TPSA) is 81.7 Å². The third kappa shape index (κ3) is 3.85. The molecular weight excluding hydrogens is 437 g/mol. The lowest BCUT2D eigenvalue weighted by atomic mass is 10.2. The number of anilines is 2. The fourth-order valence-corrected chi connectivity index (χ4v) is 3.76. The Hall–Kier alpha value is -4.05. The fourth-order valence-electron chi connectivity index (χ4n) is 3.76. The lowest BCUT2D eigenvalue weighted by molar-refractivity contribution is -0.137. The smallest absolute Gasteiger partial charge is 0.416 e. The van der Waals surface area contributed by atoms with Crippen LogP contribution < -0.4 is 14.5 Å². The summed E-state index contributed by atoms with van der Waals surface area (Å²) in [5.74, 6) is 1.10. The maximum absolute atomic E-state index is 13.1. The van der Waals surface area contributed by atoms with Gasteiger partial charge in [0.05, 0.1) is 17.5 Å². The number of aromatic nitrogens is 2. The van der Waals surface area contributed by atoms with Gasteiger partial charge in [-0.25, -0.2) is 9.78 Å². The Morgan fingerprint density at radius 2 is 1.85 bits per heavy atom. The van der Waals surface area contributed by atoms with Crippen LogP contribution in [0.2, 0.25) is 0 Å². The zero-order valence-electron chi connectivity index (χ0n) is 17.0. The molecule has 7 nitrogen and oxygen atoms in total. The Labute approximate surface area is 185 Å². The van der Waals surface area contributed by atoms with Crippen LogP contribution in [0, 0.1) is 0 Å². The first kappa shape index (κ1) is 20.8. The molecule has 0 radical (unpaired) electrons. The zero-order chi connectivity index (χ0) is 23.2. The molecule has 1 atom stereocenters. The predicted octanol–water partition coefficient (Wildman–Crippen LogP) is 5.14. The van der Waals surface area contributed by atoms with Crippen LogP contribution in [0.4, 0.5) is 29.3 Å². The molecule has 33 heavy (non-hydrogen) atoms. The Balaban J connectivity index is 1.36. The van der Waals surface area contributed by atoms with E-state index < -0.39 is 24.0 Å². The molecule has 2 aromatic carbocycles. The molecule has 2 N–H and O–H groups in total. The number of H-pyrrole nitrogens is 1. The number of aromatic amines is 1. The molecule has 3 heterocycles. The molecule has 2 amide bonds. The number of halogens is 3. The molecule has 1 aliphatic rings. The van der Waals surface area contributed by atoms with Crippen molar-refractivity contribution in [3.05, 3.63) is 78.6 Å². The Bertz CT molecular complexity index is 1320. The number of β-amino-alcohol motifs (C(OH)–C–C–N with tert-alkyl or cyclic N) is 1. The van der Waals surface area contributed by atoms with Gasteiger partial charge in [0.1, 0.15) is 17.1 Å². The lowest BCUT2D eigenvalue weighted by Crippen LogP contribution is -2.34. The number of rotatable bonds is 4. The quantitative estimate of drug-likeness (QED) is 0.448. The van der Waals surface area contributed by atoms with Crippen molar-refractivity contribution >= 4 is 28.4 Å². The van der Waals surface area contributed by atoms with Crippen LogP contribution in [0.3, 0.4) is 0 Å². The summed E-state index contributed by atoms with van der Waals surface area (Å²) in [6.45, 7) is -0.166. The number of fused-ring (bicyclic) bond motifs is 1. The predicted molar refractivity (Wildman–Crippen MR) is 115 cm³/mol. The van der Waals surface area contributed by atoms with E-state index in [1.54, 1.807) is 42.7 Å². The van der Waals surface area contributed by atoms with E-state index >= 15 is 0 Å². The van der Waals surface area contributed by atoms with Crippen molar-refractivity contribution in [2.75, 3.05) is 16.3 Å². The highest BCUT2D eigenvalue weighted by atomic mass is 19.4. The summed E-state index contributed by atoms with van der Waals surface area (Å²) in [6.07, 6.45) is -2.39. The summed E-state index contributed by atoms with van der Waals surface area (Å²) in [4.78, 5) is 22.4. The Kier molecular flexibility index (Phi) is 4.94. The molecule has 0 bridgehead atoms. The zero-order valence-corrected chi connectivity index (χ0v) is 17.0. The molecular formula is C23H17F3N4O3. The van der Waals surface area contributed by atoms with Crippen molar-refractivity contribution in [1.29, 1.82) is 0 Å². The maximum Gasteiger partial charge on any atom is 0.416 e. The molecule has 0 aliphatic carbocycles. The number of nitrogens with one attached hydrogen (secondary N) is 1. The van der Waals surface area contributed by atoms with E-state index in [1.165, 1.54) is 12.1 Å². The molecule has 10 heteroatoms. The van der Waals surface area contributed by atoms with Gasteiger partial charge in [-0.1, -0.05) is 6.07 Å². The molecule has 0 spiro atoms. The van der Waals surface area contributed by atoms with Gasteiger partial charge in [0.2, 0.25) is 0 Å². The van der Waals surface area contributed by atoms with E-state index in [-0.39, 0.29) is 12.2 Å². The second kappa shape index (κ2) is 7.82. The number of aliphatic hydroxyl groups excluding tert-OH is 1. The second-order valence-corrected chi connectivity index (χ2v) is 7.44. The number of aliphatic hydroxyl groups is 1. The van der Waals surface area contributed by atoms with Crippen LogP contribution in [-0.2, 0) is 6.18 Å². The third-order valence-electron chi connectivity index (χ3n) is 5.33. The summed E-state index contributed by atoms with van der Waals surface area (Å²) in [5.41, 5.74) is 0.264. The molecule has 1 aliphatic heterocycles. The van der Waals surface area contributed by atoms with Crippen LogP contribution >= 0.6 is 0 Å². The van der Waals surface area contributed by atoms with E-state index in [9.17, 15) is 23.1 Å². The second-order valence-electron chi connectivity index (χ2n) is 7.44. The van der Waals surface area contributed by atoms with E-state index in [1.807, 2.05) is 6.07 Å². The largest absolute Gasteiger partial charge is 0.457 e. The number of alkyl halides is 3. The van der Waals surface area contributed by atoms with Crippen molar-refractivity contribution in [2.45, 2.75) is 12.4 Å². The number of carbonyl (C=O) groups excluding carboxylic acids is 1. The maximum atomic E-state index is 13.1. The van der Waals surface area contributed by atoms with Crippen LogP contribution in [0.1, 0.15) is 5.56 Å². The molecule has 1 unspecified atom stereocenters. The number of hydrogen-bond donors (Lipinski definition) is 2. The lowest BCUT2D eigenvalue weighted by Gasteiger charge is -2.20. The average Bonchev–Trinajstić information content (AvgIpc) is 3.39. The van der Waals surface area contributed by atoms with Gasteiger partial charge in [-0.15, -0.1) is 0 Å². The number of pyridine rings is 1. The molecule has 4 aromatic rings. The Morgan fingerprint density at radius 1 is 1.06 bits per heavy atom. The Morgan fingerprint density at radius 3 is 2.61 bits per heavy atom. The first-order valence-corrected chi connectivity index (χ1v) is 9.97. The highest BCUT2D eigenvalue weighted by Gasteiger charge is 2.39. The summed E-state index contributed by atoms with van der Waals surface area (Å²) < 4.78 is 45.1. The minimum absolute atomic E-state index is 0.0598. The van der Waals surface area contributed by atoms with Gasteiger partial charge in [0.15, 0.2) is 6.23 Å². The normalized spacial score (nSPS) is 16.6. The van der Waals surface area contributed by atoms with E-state index in [2.05, 4.69) is 9.97 Å². The minimum atomic E-state index is -4.53. The third-order valence-corrected chi connectivity index (χ3v) is 5.33. The van der Waals surface area contributed by atoms with Crippen LogP contribution in [-0.4, -0.2) is 33.9 Å².